The molecular weight excluding hydrogens is 288 g/mol. The van der Waals surface area contributed by atoms with Gasteiger partial charge in [-0.3, -0.25) is 0 Å². The highest BCUT2D eigenvalue weighted by atomic mass is 35.5. The van der Waals surface area contributed by atoms with Gasteiger partial charge in [0.1, 0.15) is 17.5 Å². The van der Waals surface area contributed by atoms with Crippen molar-refractivity contribution in [2.45, 2.75) is 13.5 Å². The Labute approximate surface area is 127 Å². The molecule has 0 fully saturated rings. The van der Waals surface area contributed by atoms with Gasteiger partial charge in [0, 0.05) is 24.3 Å². The van der Waals surface area contributed by atoms with Crippen LogP contribution in [0.5, 0.6) is 0 Å². The van der Waals surface area contributed by atoms with Gasteiger partial charge in [-0.25, -0.2) is 14.6 Å². The van der Waals surface area contributed by atoms with Crippen molar-refractivity contribution in [3.05, 3.63) is 35.6 Å². The summed E-state index contributed by atoms with van der Waals surface area (Å²) >= 11 is 6.06. The van der Waals surface area contributed by atoms with Gasteiger partial charge in [-0.15, -0.1) is 0 Å². The van der Waals surface area contributed by atoms with Crippen molar-refractivity contribution >= 4 is 40.0 Å². The molecule has 0 unspecified atom stereocenters. The van der Waals surface area contributed by atoms with Crippen LogP contribution in [0.3, 0.4) is 0 Å². The van der Waals surface area contributed by atoms with Crippen molar-refractivity contribution in [2.24, 2.45) is 0 Å². The smallest absolute Gasteiger partial charge is 0.168 e. The predicted molar refractivity (Wildman–Crippen MR) is 84.9 cm³/mol. The molecule has 0 saturated heterocycles. The Morgan fingerprint density at radius 1 is 1.33 bits per heavy atom. The highest BCUT2D eigenvalue weighted by Gasteiger charge is 2.18. The van der Waals surface area contributed by atoms with Crippen molar-refractivity contribution in [2.75, 3.05) is 17.7 Å². The number of halogens is 1. The van der Waals surface area contributed by atoms with Crippen LogP contribution in [0.4, 0.5) is 17.3 Å². The predicted octanol–water partition coefficient (Wildman–Crippen LogP) is 2.85. The second kappa shape index (κ2) is 5.21. The number of anilines is 3. The van der Waals surface area contributed by atoms with E-state index in [0.29, 0.717) is 23.2 Å². The molecule has 7 heteroatoms. The lowest BCUT2D eigenvalue weighted by atomic mass is 10.2. The molecule has 0 aliphatic carbocycles. The van der Waals surface area contributed by atoms with Crippen LogP contribution in [-0.4, -0.2) is 26.8 Å². The number of rotatable bonds is 3. The van der Waals surface area contributed by atoms with Crippen molar-refractivity contribution in [1.29, 1.82) is 0 Å². The minimum atomic E-state index is 0.420. The van der Waals surface area contributed by atoms with Crippen LogP contribution in [-0.2, 0) is 6.54 Å². The first-order valence-corrected chi connectivity index (χ1v) is 6.96. The van der Waals surface area contributed by atoms with Gasteiger partial charge in [0.15, 0.2) is 11.5 Å². The molecule has 2 heterocycles. The Morgan fingerprint density at radius 2 is 2.14 bits per heavy atom. The summed E-state index contributed by atoms with van der Waals surface area (Å²) in [5.74, 6) is 1.13. The fourth-order valence-corrected chi connectivity index (χ4v) is 2.46. The number of nitrogen functional groups attached to an aromatic ring is 1. The third-order valence-electron chi connectivity index (χ3n) is 3.35. The average Bonchev–Trinajstić information content (AvgIpc) is 2.86. The first kappa shape index (κ1) is 13.6. The second-order valence-electron chi connectivity index (χ2n) is 4.64. The molecule has 0 radical (unpaired) electrons. The molecule has 0 spiro atoms. The summed E-state index contributed by atoms with van der Waals surface area (Å²) in [6.45, 7) is 2.71. The van der Waals surface area contributed by atoms with Gasteiger partial charge in [0.05, 0.1) is 0 Å². The molecule has 2 aromatic heterocycles. The normalized spacial score (nSPS) is 11.0. The van der Waals surface area contributed by atoms with E-state index in [0.717, 1.165) is 16.7 Å². The molecule has 108 valence electrons. The maximum Gasteiger partial charge on any atom is 0.168 e. The largest absolute Gasteiger partial charge is 0.383 e. The number of benzene rings is 1. The Morgan fingerprint density at radius 3 is 2.86 bits per heavy atom. The minimum absolute atomic E-state index is 0.420. The van der Waals surface area contributed by atoms with Gasteiger partial charge in [-0.2, -0.15) is 5.10 Å². The first-order valence-electron chi connectivity index (χ1n) is 6.58. The van der Waals surface area contributed by atoms with E-state index in [4.69, 9.17) is 17.3 Å². The van der Waals surface area contributed by atoms with Crippen molar-refractivity contribution in [1.82, 2.24) is 19.7 Å². The fourth-order valence-electron chi connectivity index (χ4n) is 2.27. The van der Waals surface area contributed by atoms with E-state index in [1.165, 1.54) is 6.33 Å². The Balaban J connectivity index is 2.20. The lowest BCUT2D eigenvalue weighted by molar-refractivity contribution is 0.675. The standard InChI is InChI=1S/C14H15ClN6/c1-3-21-13-11(12(16)17-8-18-13)14(19-21)20(2)10-6-4-5-9(15)7-10/h4-8H,3H2,1-2H3,(H2,16,17,18). The molecule has 6 nitrogen and oxygen atoms in total. The number of aromatic nitrogens is 4. The summed E-state index contributed by atoms with van der Waals surface area (Å²) in [4.78, 5) is 10.3. The molecule has 3 aromatic rings. The van der Waals surface area contributed by atoms with E-state index >= 15 is 0 Å². The van der Waals surface area contributed by atoms with Gasteiger partial charge in [0.2, 0.25) is 0 Å². The summed E-state index contributed by atoms with van der Waals surface area (Å²) in [6, 6.07) is 7.56. The van der Waals surface area contributed by atoms with E-state index in [2.05, 4.69) is 15.1 Å². The number of nitrogens with two attached hydrogens (primary N) is 1. The van der Waals surface area contributed by atoms with Crippen LogP contribution >= 0.6 is 11.6 Å². The average molecular weight is 303 g/mol. The fraction of sp³-hybridized carbons (Fsp3) is 0.214. The summed E-state index contributed by atoms with van der Waals surface area (Å²) in [7, 11) is 1.92. The van der Waals surface area contributed by atoms with E-state index in [1.54, 1.807) is 0 Å². The number of hydrogen-bond donors (Lipinski definition) is 1. The third-order valence-corrected chi connectivity index (χ3v) is 3.59. The van der Waals surface area contributed by atoms with Crippen LogP contribution in [0.15, 0.2) is 30.6 Å². The van der Waals surface area contributed by atoms with Gasteiger partial charge in [0.25, 0.3) is 0 Å². The Bertz CT molecular complexity index is 797. The summed E-state index contributed by atoms with van der Waals surface area (Å²) < 4.78 is 1.81. The van der Waals surface area contributed by atoms with Crippen LogP contribution in [0.25, 0.3) is 11.0 Å². The van der Waals surface area contributed by atoms with Crippen LogP contribution < -0.4 is 10.6 Å². The summed E-state index contributed by atoms with van der Waals surface area (Å²) in [5.41, 5.74) is 7.67. The molecule has 0 amide bonds. The number of fused-ring (bicyclic) bond motifs is 1. The highest BCUT2D eigenvalue weighted by molar-refractivity contribution is 6.30. The molecular formula is C14H15ClN6. The van der Waals surface area contributed by atoms with E-state index in [1.807, 2.05) is 47.8 Å². The van der Waals surface area contributed by atoms with E-state index < -0.39 is 0 Å². The third kappa shape index (κ3) is 2.27. The zero-order valence-corrected chi connectivity index (χ0v) is 12.5. The van der Waals surface area contributed by atoms with Gasteiger partial charge >= 0.3 is 0 Å². The van der Waals surface area contributed by atoms with Crippen LogP contribution in [0, 0.1) is 0 Å². The number of hydrogen-bond acceptors (Lipinski definition) is 5. The molecule has 0 aliphatic rings. The Hall–Kier alpha value is -2.34. The summed E-state index contributed by atoms with van der Waals surface area (Å²) in [5, 5.41) is 6.01. The second-order valence-corrected chi connectivity index (χ2v) is 5.07. The van der Waals surface area contributed by atoms with Gasteiger partial charge < -0.3 is 10.6 Å². The van der Waals surface area contributed by atoms with E-state index in [-0.39, 0.29) is 0 Å². The highest BCUT2D eigenvalue weighted by Crippen LogP contribution is 2.32. The quantitative estimate of drug-likeness (QED) is 0.805. The molecule has 21 heavy (non-hydrogen) atoms. The number of aryl methyl sites for hydroxylation is 1. The van der Waals surface area contributed by atoms with E-state index in [9.17, 15) is 0 Å². The van der Waals surface area contributed by atoms with Crippen molar-refractivity contribution in [3.63, 3.8) is 0 Å². The molecule has 0 aliphatic heterocycles. The van der Waals surface area contributed by atoms with Gasteiger partial charge in [-0.05, 0) is 25.1 Å². The van der Waals surface area contributed by atoms with Crippen LogP contribution in [0.2, 0.25) is 5.02 Å². The SMILES string of the molecule is CCn1nc(N(C)c2cccc(Cl)c2)c2c(N)ncnc21. The van der Waals surface area contributed by atoms with Gasteiger partial charge in [-0.1, -0.05) is 17.7 Å². The molecule has 2 N–H and O–H groups in total. The molecule has 3 rings (SSSR count). The lowest BCUT2D eigenvalue weighted by Gasteiger charge is -2.17. The topological polar surface area (TPSA) is 72.9 Å². The number of nitrogens with zero attached hydrogens (tertiary/aromatic N) is 5. The zero-order chi connectivity index (χ0) is 15.0. The lowest BCUT2D eigenvalue weighted by Crippen LogP contribution is -2.11. The van der Waals surface area contributed by atoms with Crippen molar-refractivity contribution in [3.8, 4) is 0 Å². The molecule has 0 bridgehead atoms. The van der Waals surface area contributed by atoms with Crippen LogP contribution in [0.1, 0.15) is 6.92 Å². The first-order chi connectivity index (χ1) is 10.1. The molecule has 0 saturated carbocycles. The monoisotopic (exact) mass is 302 g/mol. The molecule has 0 atom stereocenters. The maximum atomic E-state index is 6.06. The minimum Gasteiger partial charge on any atom is -0.383 e. The summed E-state index contributed by atoms with van der Waals surface area (Å²) in [6.07, 6.45) is 1.45. The molecule has 1 aromatic carbocycles. The maximum absolute atomic E-state index is 6.06. The Kier molecular flexibility index (Phi) is 3.39. The van der Waals surface area contributed by atoms with Crippen molar-refractivity contribution < 1.29 is 0 Å². The zero-order valence-electron chi connectivity index (χ0n) is 11.8.